The van der Waals surface area contributed by atoms with Crippen LogP contribution in [0.2, 0.25) is 0 Å². The van der Waals surface area contributed by atoms with Gasteiger partial charge in [-0.15, -0.1) is 11.3 Å². The minimum absolute atomic E-state index is 0.0179. The van der Waals surface area contributed by atoms with Crippen molar-refractivity contribution in [1.82, 2.24) is 15.3 Å². The average Bonchev–Trinajstić information content (AvgIpc) is 3.48. The molecule has 0 aliphatic carbocycles. The monoisotopic (exact) mass is 476 g/mol. The maximum atomic E-state index is 13.8. The molecule has 1 amide bonds. The molecule has 4 aromatic rings. The molecule has 0 unspecified atom stereocenters. The third-order valence-corrected chi connectivity index (χ3v) is 6.07. The van der Waals surface area contributed by atoms with E-state index >= 15 is 0 Å². The standard InChI is InChI=1S/C25H18F2N4O2S/c26-16-1-6-21(27)15(11-16)14-33-24-8-5-19(13-28-24)31-25-20-9-10-34-22(20)12-18(30-25)3-2-17-4-7-23(32)29-17/h1,5-6,8-13,17H,4,7,14H2,(H,29,32)(H,30,31)/t17-/m1/s1. The summed E-state index contributed by atoms with van der Waals surface area (Å²) >= 11 is 1.58. The van der Waals surface area contributed by atoms with Crippen LogP contribution in [0.1, 0.15) is 24.1 Å². The van der Waals surface area contributed by atoms with Crippen LogP contribution in [0.3, 0.4) is 0 Å². The molecule has 1 saturated heterocycles. The third kappa shape index (κ3) is 4.97. The molecule has 1 fully saturated rings. The van der Waals surface area contributed by atoms with Gasteiger partial charge >= 0.3 is 0 Å². The highest BCUT2D eigenvalue weighted by molar-refractivity contribution is 7.17. The van der Waals surface area contributed by atoms with Crippen molar-refractivity contribution in [3.63, 3.8) is 0 Å². The minimum atomic E-state index is -0.538. The molecule has 2 N–H and O–H groups in total. The van der Waals surface area contributed by atoms with Crippen molar-refractivity contribution < 1.29 is 18.3 Å². The molecule has 0 radical (unpaired) electrons. The Kier molecular flexibility index (Phi) is 6.06. The van der Waals surface area contributed by atoms with Gasteiger partial charge < -0.3 is 15.4 Å². The van der Waals surface area contributed by atoms with Gasteiger partial charge in [-0.3, -0.25) is 4.79 Å². The van der Waals surface area contributed by atoms with Crippen LogP contribution in [-0.4, -0.2) is 21.9 Å². The summed E-state index contributed by atoms with van der Waals surface area (Å²) in [6, 6.07) is 10.4. The molecule has 5 rings (SSSR count). The summed E-state index contributed by atoms with van der Waals surface area (Å²) in [5.74, 6) is 6.00. The van der Waals surface area contributed by atoms with E-state index in [1.807, 2.05) is 17.5 Å². The second-order valence-corrected chi connectivity index (χ2v) is 8.60. The summed E-state index contributed by atoms with van der Waals surface area (Å²) in [6.07, 6.45) is 2.76. The highest BCUT2D eigenvalue weighted by atomic mass is 32.1. The van der Waals surface area contributed by atoms with Crippen LogP contribution in [0.15, 0.2) is 54.0 Å². The number of fused-ring (bicyclic) bond motifs is 1. The predicted octanol–water partition coefficient (Wildman–Crippen LogP) is 4.92. The van der Waals surface area contributed by atoms with Gasteiger partial charge in [0.05, 0.1) is 17.9 Å². The van der Waals surface area contributed by atoms with Crippen molar-refractivity contribution in [1.29, 1.82) is 0 Å². The highest BCUT2D eigenvalue weighted by Crippen LogP contribution is 2.29. The Hall–Kier alpha value is -4.03. The number of halogens is 2. The van der Waals surface area contributed by atoms with Crippen molar-refractivity contribution in [3.05, 3.63) is 76.9 Å². The van der Waals surface area contributed by atoms with Crippen LogP contribution < -0.4 is 15.4 Å². The lowest BCUT2D eigenvalue weighted by Gasteiger charge is -2.10. The Labute approximate surface area is 198 Å². The number of rotatable bonds is 5. The Morgan fingerprint density at radius 2 is 2.12 bits per heavy atom. The molecule has 0 saturated carbocycles. The topological polar surface area (TPSA) is 76.1 Å². The molecule has 1 aliphatic rings. The van der Waals surface area contributed by atoms with Gasteiger partial charge in [0.15, 0.2) is 0 Å². The van der Waals surface area contributed by atoms with E-state index in [0.29, 0.717) is 30.0 Å². The van der Waals surface area contributed by atoms with Crippen LogP contribution in [0, 0.1) is 23.5 Å². The molecular weight excluding hydrogens is 458 g/mol. The van der Waals surface area contributed by atoms with E-state index in [9.17, 15) is 13.6 Å². The largest absolute Gasteiger partial charge is 0.473 e. The second-order valence-electron chi connectivity index (χ2n) is 7.65. The number of aromatic nitrogens is 2. The van der Waals surface area contributed by atoms with Crippen molar-refractivity contribution in [2.24, 2.45) is 0 Å². The van der Waals surface area contributed by atoms with Gasteiger partial charge in [0.2, 0.25) is 11.8 Å². The summed E-state index contributed by atoms with van der Waals surface area (Å²) in [4.78, 5) is 20.2. The van der Waals surface area contributed by atoms with Crippen LogP contribution in [-0.2, 0) is 11.4 Å². The van der Waals surface area contributed by atoms with E-state index in [2.05, 4.69) is 32.4 Å². The van der Waals surface area contributed by atoms with Crippen molar-refractivity contribution in [2.45, 2.75) is 25.5 Å². The fourth-order valence-corrected chi connectivity index (χ4v) is 4.31. The molecule has 0 bridgehead atoms. The maximum Gasteiger partial charge on any atom is 0.221 e. The predicted molar refractivity (Wildman–Crippen MR) is 126 cm³/mol. The van der Waals surface area contributed by atoms with E-state index in [1.165, 1.54) is 0 Å². The van der Waals surface area contributed by atoms with Gasteiger partial charge in [0.25, 0.3) is 0 Å². The lowest BCUT2D eigenvalue weighted by atomic mass is 10.2. The summed E-state index contributed by atoms with van der Waals surface area (Å²) in [7, 11) is 0. The molecule has 6 nitrogen and oxygen atoms in total. The first-order valence-corrected chi connectivity index (χ1v) is 11.4. The molecule has 0 spiro atoms. The van der Waals surface area contributed by atoms with E-state index in [4.69, 9.17) is 4.74 Å². The Morgan fingerprint density at radius 3 is 2.91 bits per heavy atom. The number of amides is 1. The fraction of sp³-hybridized carbons (Fsp3) is 0.160. The molecule has 9 heteroatoms. The van der Waals surface area contributed by atoms with Crippen LogP contribution in [0.4, 0.5) is 20.3 Å². The van der Waals surface area contributed by atoms with Gasteiger partial charge in [-0.2, -0.15) is 0 Å². The van der Waals surface area contributed by atoms with E-state index in [-0.39, 0.29) is 30.0 Å². The molecule has 170 valence electrons. The molecule has 4 heterocycles. The zero-order valence-electron chi connectivity index (χ0n) is 17.8. The second kappa shape index (κ2) is 9.45. The number of hydrogen-bond donors (Lipinski definition) is 2. The summed E-state index contributed by atoms with van der Waals surface area (Å²) < 4.78 is 33.6. The normalized spacial score (nSPS) is 15.0. The van der Waals surface area contributed by atoms with Gasteiger partial charge in [-0.05, 0) is 54.1 Å². The number of carbonyl (C=O) groups is 1. The van der Waals surface area contributed by atoms with Gasteiger partial charge in [0, 0.05) is 28.1 Å². The SMILES string of the molecule is O=C1CC[C@@H](C#Cc2cc3sccc3c(Nc3ccc(OCc4cc(F)ccc4F)nc3)n2)N1. The molecule has 1 atom stereocenters. The lowest BCUT2D eigenvalue weighted by molar-refractivity contribution is -0.119. The summed E-state index contributed by atoms with van der Waals surface area (Å²) in [5, 5.41) is 9.02. The van der Waals surface area contributed by atoms with Crippen molar-refractivity contribution >= 4 is 38.8 Å². The van der Waals surface area contributed by atoms with Crippen LogP contribution >= 0.6 is 11.3 Å². The average molecular weight is 477 g/mol. The van der Waals surface area contributed by atoms with E-state index in [0.717, 1.165) is 28.3 Å². The van der Waals surface area contributed by atoms with E-state index in [1.54, 1.807) is 29.7 Å². The smallest absolute Gasteiger partial charge is 0.221 e. The highest BCUT2D eigenvalue weighted by Gasteiger charge is 2.18. The number of nitrogens with one attached hydrogen (secondary N) is 2. The molecule has 3 aromatic heterocycles. The number of pyridine rings is 2. The molecular formula is C25H18F2N4O2S. The molecule has 1 aliphatic heterocycles. The number of benzene rings is 1. The number of thiophene rings is 1. The number of hydrogen-bond acceptors (Lipinski definition) is 6. The Morgan fingerprint density at radius 1 is 1.21 bits per heavy atom. The third-order valence-electron chi connectivity index (χ3n) is 5.20. The summed E-state index contributed by atoms with van der Waals surface area (Å²) in [6.45, 7) is -0.136. The van der Waals surface area contributed by atoms with Crippen LogP contribution in [0.25, 0.3) is 10.1 Å². The quantitative estimate of drug-likeness (QED) is 0.400. The fourth-order valence-electron chi connectivity index (χ4n) is 3.49. The lowest BCUT2D eigenvalue weighted by Crippen LogP contribution is -2.23. The first-order chi connectivity index (χ1) is 16.5. The van der Waals surface area contributed by atoms with E-state index < -0.39 is 11.6 Å². The first kappa shape index (κ1) is 21.8. The van der Waals surface area contributed by atoms with Crippen molar-refractivity contribution in [3.8, 4) is 17.7 Å². The number of anilines is 2. The van der Waals surface area contributed by atoms with Gasteiger partial charge in [-0.1, -0.05) is 5.92 Å². The zero-order chi connectivity index (χ0) is 23.5. The van der Waals surface area contributed by atoms with Crippen LogP contribution in [0.5, 0.6) is 5.88 Å². The molecule has 1 aromatic carbocycles. The Bertz CT molecular complexity index is 1430. The Balaban J connectivity index is 1.31. The number of ether oxygens (including phenoxy) is 1. The molecule has 34 heavy (non-hydrogen) atoms. The van der Waals surface area contributed by atoms with Crippen molar-refractivity contribution in [2.75, 3.05) is 5.32 Å². The minimum Gasteiger partial charge on any atom is -0.473 e. The summed E-state index contributed by atoms with van der Waals surface area (Å²) in [5.41, 5.74) is 1.39. The van der Waals surface area contributed by atoms with Gasteiger partial charge in [-0.25, -0.2) is 18.7 Å². The number of nitrogens with zero attached hydrogens (tertiary/aromatic N) is 2. The number of carbonyl (C=O) groups excluding carboxylic acids is 1. The zero-order valence-corrected chi connectivity index (χ0v) is 18.6. The maximum absolute atomic E-state index is 13.8. The van der Waals surface area contributed by atoms with Gasteiger partial charge in [0.1, 0.15) is 29.8 Å². The first-order valence-electron chi connectivity index (χ1n) is 10.5.